The summed E-state index contributed by atoms with van der Waals surface area (Å²) in [6.45, 7) is 3.13. The molecule has 160 valence electrons. The van der Waals surface area contributed by atoms with Gasteiger partial charge in [0.05, 0.1) is 16.8 Å². The number of nitrogens with one attached hydrogen (secondary N) is 1. The van der Waals surface area contributed by atoms with E-state index in [0.717, 1.165) is 9.87 Å². The number of hydrazone groups is 1. The summed E-state index contributed by atoms with van der Waals surface area (Å²) < 4.78 is 41.4. The highest BCUT2D eigenvalue weighted by atomic mass is 32.2. The first-order valence-corrected chi connectivity index (χ1v) is 10.9. The number of anilines is 1. The minimum absolute atomic E-state index is 0.0732. The highest BCUT2D eigenvalue weighted by Gasteiger charge is 2.28. The Morgan fingerprint density at radius 2 is 1.65 bits per heavy atom. The highest BCUT2D eigenvalue weighted by molar-refractivity contribution is 7.92. The van der Waals surface area contributed by atoms with Gasteiger partial charge in [-0.15, -0.1) is 0 Å². The van der Waals surface area contributed by atoms with E-state index in [9.17, 15) is 17.6 Å². The second-order valence-corrected chi connectivity index (χ2v) is 8.79. The van der Waals surface area contributed by atoms with Gasteiger partial charge >= 0.3 is 0 Å². The van der Waals surface area contributed by atoms with E-state index in [-0.39, 0.29) is 10.5 Å². The van der Waals surface area contributed by atoms with Crippen molar-refractivity contribution in [3.8, 4) is 0 Å². The minimum atomic E-state index is -4.01. The van der Waals surface area contributed by atoms with E-state index < -0.39 is 28.3 Å². The molecule has 0 saturated carbocycles. The molecule has 0 saturated heterocycles. The molecule has 6 nitrogen and oxygen atoms in total. The molecular formula is C23H22FN3O3S. The Bertz CT molecular complexity index is 1210. The Morgan fingerprint density at radius 1 is 1.00 bits per heavy atom. The van der Waals surface area contributed by atoms with Crippen LogP contribution in [0.5, 0.6) is 0 Å². The Labute approximate surface area is 181 Å². The second-order valence-electron chi connectivity index (χ2n) is 6.93. The van der Waals surface area contributed by atoms with Crippen molar-refractivity contribution in [3.63, 3.8) is 0 Å². The van der Waals surface area contributed by atoms with Gasteiger partial charge in [0, 0.05) is 5.56 Å². The van der Waals surface area contributed by atoms with Crippen molar-refractivity contribution < 1.29 is 17.6 Å². The molecule has 0 unspecified atom stereocenters. The molecule has 0 aliphatic heterocycles. The van der Waals surface area contributed by atoms with E-state index in [2.05, 4.69) is 10.5 Å². The van der Waals surface area contributed by atoms with Gasteiger partial charge in [0.1, 0.15) is 12.4 Å². The van der Waals surface area contributed by atoms with E-state index in [0.29, 0.717) is 11.3 Å². The van der Waals surface area contributed by atoms with Crippen LogP contribution in [0.1, 0.15) is 16.7 Å². The fourth-order valence-corrected chi connectivity index (χ4v) is 4.39. The Hall–Kier alpha value is -3.52. The summed E-state index contributed by atoms with van der Waals surface area (Å²) >= 11 is 0. The normalized spacial score (nSPS) is 11.5. The van der Waals surface area contributed by atoms with Gasteiger partial charge in [-0.1, -0.05) is 54.1 Å². The number of para-hydroxylation sites is 1. The predicted octanol–water partition coefficient (Wildman–Crippen LogP) is 3.79. The zero-order chi connectivity index (χ0) is 22.4. The molecule has 0 bridgehead atoms. The number of carbonyl (C=O) groups excluding carboxylic acids is 1. The van der Waals surface area contributed by atoms with Gasteiger partial charge < -0.3 is 0 Å². The Balaban J connectivity index is 1.87. The van der Waals surface area contributed by atoms with Gasteiger partial charge in [-0.25, -0.2) is 18.2 Å². The van der Waals surface area contributed by atoms with Crippen LogP contribution >= 0.6 is 0 Å². The monoisotopic (exact) mass is 439 g/mol. The van der Waals surface area contributed by atoms with Crippen LogP contribution < -0.4 is 9.73 Å². The van der Waals surface area contributed by atoms with Crippen molar-refractivity contribution >= 4 is 27.8 Å². The van der Waals surface area contributed by atoms with E-state index in [1.807, 2.05) is 6.92 Å². The zero-order valence-electron chi connectivity index (χ0n) is 17.1. The van der Waals surface area contributed by atoms with Crippen LogP contribution in [-0.2, 0) is 14.8 Å². The molecule has 3 aromatic carbocycles. The molecule has 31 heavy (non-hydrogen) atoms. The lowest BCUT2D eigenvalue weighted by molar-refractivity contribution is -0.119. The number of rotatable bonds is 7. The number of nitrogens with zero attached hydrogens (tertiary/aromatic N) is 2. The molecule has 0 fully saturated rings. The topological polar surface area (TPSA) is 78.8 Å². The molecule has 1 N–H and O–H groups in total. The van der Waals surface area contributed by atoms with Gasteiger partial charge in [-0.3, -0.25) is 9.10 Å². The summed E-state index contributed by atoms with van der Waals surface area (Å²) in [5, 5.41) is 3.75. The maximum absolute atomic E-state index is 13.7. The summed E-state index contributed by atoms with van der Waals surface area (Å²) in [6, 6.07) is 19.3. The maximum Gasteiger partial charge on any atom is 0.264 e. The molecule has 0 spiro atoms. The van der Waals surface area contributed by atoms with Crippen LogP contribution in [0.25, 0.3) is 0 Å². The second kappa shape index (κ2) is 9.53. The van der Waals surface area contributed by atoms with Crippen molar-refractivity contribution in [2.45, 2.75) is 18.7 Å². The fourth-order valence-electron chi connectivity index (χ4n) is 2.90. The first-order chi connectivity index (χ1) is 14.8. The molecule has 0 heterocycles. The van der Waals surface area contributed by atoms with Crippen molar-refractivity contribution in [2.75, 3.05) is 10.8 Å². The average Bonchev–Trinajstić information content (AvgIpc) is 2.74. The predicted molar refractivity (Wildman–Crippen MR) is 119 cm³/mol. The Kier molecular flexibility index (Phi) is 6.81. The highest BCUT2D eigenvalue weighted by Crippen LogP contribution is 2.26. The number of hydrogen-bond donors (Lipinski definition) is 1. The number of sulfonamides is 1. The first kappa shape index (κ1) is 22.2. The van der Waals surface area contributed by atoms with E-state index >= 15 is 0 Å². The van der Waals surface area contributed by atoms with Crippen LogP contribution in [0.3, 0.4) is 0 Å². The molecule has 0 aliphatic carbocycles. The number of benzene rings is 3. The molecular weight excluding hydrogens is 417 g/mol. The van der Waals surface area contributed by atoms with Gasteiger partial charge in [0.2, 0.25) is 0 Å². The maximum atomic E-state index is 13.7. The number of halogens is 1. The van der Waals surface area contributed by atoms with Crippen LogP contribution in [0.15, 0.2) is 82.8 Å². The van der Waals surface area contributed by atoms with Crippen LogP contribution in [0.4, 0.5) is 10.1 Å². The van der Waals surface area contributed by atoms with Crippen LogP contribution in [-0.4, -0.2) is 27.1 Å². The lowest BCUT2D eigenvalue weighted by Crippen LogP contribution is -2.40. The summed E-state index contributed by atoms with van der Waals surface area (Å²) in [7, 11) is -4.01. The van der Waals surface area contributed by atoms with E-state index in [4.69, 9.17) is 0 Å². The molecule has 8 heteroatoms. The summed E-state index contributed by atoms with van der Waals surface area (Å²) in [6.07, 6.45) is 1.17. The van der Waals surface area contributed by atoms with Crippen molar-refractivity contribution in [2.24, 2.45) is 5.10 Å². The molecule has 0 aliphatic rings. The molecule has 3 rings (SSSR count). The van der Waals surface area contributed by atoms with E-state index in [1.54, 1.807) is 55.5 Å². The third-order valence-corrected chi connectivity index (χ3v) is 6.35. The molecule has 3 aromatic rings. The third kappa shape index (κ3) is 5.35. The lowest BCUT2D eigenvalue weighted by atomic mass is 10.2. The molecule has 1 amide bonds. The fraction of sp³-hybridized carbons (Fsp3) is 0.130. The summed E-state index contributed by atoms with van der Waals surface area (Å²) in [4.78, 5) is 12.6. The minimum Gasteiger partial charge on any atom is -0.271 e. The standard InChI is InChI=1S/C23H22FN3O3S/c1-17-11-13-20(14-12-17)31(29,30)27(22-10-6-3-7-18(22)2)16-23(28)26-25-15-19-8-4-5-9-21(19)24/h3-15H,16H2,1-2H3,(H,26,28)/b25-15+. The lowest BCUT2D eigenvalue weighted by Gasteiger charge is -2.25. The smallest absolute Gasteiger partial charge is 0.264 e. The summed E-state index contributed by atoms with van der Waals surface area (Å²) in [5.41, 5.74) is 4.47. The van der Waals surface area contributed by atoms with Crippen molar-refractivity contribution in [3.05, 3.63) is 95.3 Å². The van der Waals surface area contributed by atoms with Crippen molar-refractivity contribution in [1.82, 2.24) is 5.43 Å². The summed E-state index contributed by atoms with van der Waals surface area (Å²) in [5.74, 6) is -1.14. The zero-order valence-corrected chi connectivity index (χ0v) is 17.9. The van der Waals surface area contributed by atoms with Gasteiger partial charge in [0.25, 0.3) is 15.9 Å². The van der Waals surface area contributed by atoms with Crippen LogP contribution in [0.2, 0.25) is 0 Å². The molecule has 0 aromatic heterocycles. The number of amides is 1. The van der Waals surface area contributed by atoms with Gasteiger partial charge in [-0.05, 0) is 43.7 Å². The number of carbonyl (C=O) groups is 1. The molecule has 0 atom stereocenters. The first-order valence-electron chi connectivity index (χ1n) is 9.50. The third-order valence-electron chi connectivity index (χ3n) is 4.58. The molecule has 0 radical (unpaired) electrons. The van der Waals surface area contributed by atoms with Gasteiger partial charge in [-0.2, -0.15) is 5.10 Å². The number of aryl methyl sites for hydroxylation is 2. The van der Waals surface area contributed by atoms with Crippen LogP contribution in [0, 0.1) is 19.7 Å². The Morgan fingerprint density at radius 3 is 2.32 bits per heavy atom. The quantitative estimate of drug-likeness (QED) is 0.449. The average molecular weight is 440 g/mol. The van der Waals surface area contributed by atoms with Crippen molar-refractivity contribution in [1.29, 1.82) is 0 Å². The number of hydrogen-bond acceptors (Lipinski definition) is 4. The SMILES string of the molecule is Cc1ccc(S(=O)(=O)N(CC(=O)N/N=C/c2ccccc2F)c2ccccc2C)cc1. The van der Waals surface area contributed by atoms with E-state index in [1.165, 1.54) is 30.5 Å². The van der Waals surface area contributed by atoms with Gasteiger partial charge in [0.15, 0.2) is 0 Å². The largest absolute Gasteiger partial charge is 0.271 e.